The molecule has 4 rings (SSSR count). The lowest BCUT2D eigenvalue weighted by atomic mass is 9.94. The van der Waals surface area contributed by atoms with E-state index in [0.717, 1.165) is 37.1 Å². The topological polar surface area (TPSA) is 53.5 Å². The van der Waals surface area contributed by atoms with Crippen molar-refractivity contribution < 1.29 is 9.59 Å². The average Bonchev–Trinajstić information content (AvgIpc) is 3.10. The Balaban J connectivity index is 1.52. The van der Waals surface area contributed by atoms with E-state index < -0.39 is 0 Å². The van der Waals surface area contributed by atoms with Gasteiger partial charge in [0.15, 0.2) is 0 Å². The number of para-hydroxylation sites is 1. The largest absolute Gasteiger partial charge is 0.335 e. The number of aromatic nitrogens is 1. The van der Waals surface area contributed by atoms with Gasteiger partial charge >= 0.3 is 0 Å². The molecule has 0 radical (unpaired) electrons. The maximum Gasteiger partial charge on any atom is 0.228 e. The molecule has 134 valence electrons. The van der Waals surface area contributed by atoms with Crippen molar-refractivity contribution in [2.45, 2.75) is 31.7 Å². The van der Waals surface area contributed by atoms with Gasteiger partial charge in [0.1, 0.15) is 0 Å². The van der Waals surface area contributed by atoms with Crippen LogP contribution in [0.4, 0.5) is 5.69 Å². The minimum Gasteiger partial charge on any atom is -0.335 e. The number of hydrogen-bond donors (Lipinski definition) is 0. The maximum absolute atomic E-state index is 13.2. The molecule has 2 atom stereocenters. The van der Waals surface area contributed by atoms with Crippen LogP contribution in [0.2, 0.25) is 0 Å². The van der Waals surface area contributed by atoms with Crippen molar-refractivity contribution >= 4 is 17.5 Å². The molecular formula is C21H23N3O2. The first-order chi connectivity index (χ1) is 12.7. The fourth-order valence-electron chi connectivity index (χ4n) is 4.08. The van der Waals surface area contributed by atoms with Gasteiger partial charge in [-0.25, -0.2) is 0 Å². The van der Waals surface area contributed by atoms with E-state index in [1.807, 2.05) is 53.6 Å². The molecule has 0 spiro atoms. The third kappa shape index (κ3) is 3.21. The molecule has 0 bridgehead atoms. The minimum absolute atomic E-state index is 0.0319. The van der Waals surface area contributed by atoms with Crippen molar-refractivity contribution in [1.82, 2.24) is 9.88 Å². The Kier molecular flexibility index (Phi) is 4.69. The molecule has 0 N–H and O–H groups in total. The van der Waals surface area contributed by atoms with Gasteiger partial charge in [-0.15, -0.1) is 0 Å². The fourth-order valence-corrected chi connectivity index (χ4v) is 4.08. The molecule has 1 unspecified atom stereocenters. The van der Waals surface area contributed by atoms with Gasteiger partial charge in [0.25, 0.3) is 0 Å². The highest BCUT2D eigenvalue weighted by Gasteiger charge is 2.39. The molecule has 2 amide bonds. The Morgan fingerprint density at radius 2 is 1.92 bits per heavy atom. The van der Waals surface area contributed by atoms with Crippen LogP contribution in [-0.4, -0.2) is 34.8 Å². The van der Waals surface area contributed by atoms with Crippen LogP contribution in [0.15, 0.2) is 54.9 Å². The second kappa shape index (κ2) is 7.28. The highest BCUT2D eigenvalue weighted by Crippen LogP contribution is 2.34. The normalized spacial score (nSPS) is 23.3. The van der Waals surface area contributed by atoms with Crippen LogP contribution in [0.3, 0.4) is 0 Å². The first-order valence-electron chi connectivity index (χ1n) is 9.30. The summed E-state index contributed by atoms with van der Waals surface area (Å²) < 4.78 is 0. The van der Waals surface area contributed by atoms with Crippen LogP contribution < -0.4 is 4.90 Å². The van der Waals surface area contributed by atoms with Crippen molar-refractivity contribution in [1.29, 1.82) is 0 Å². The number of carbonyl (C=O) groups is 2. The summed E-state index contributed by atoms with van der Waals surface area (Å²) in [5.74, 6) is -0.130. The molecule has 2 aliphatic heterocycles. The number of anilines is 1. The summed E-state index contributed by atoms with van der Waals surface area (Å²) in [5, 5.41) is 0. The van der Waals surface area contributed by atoms with Gasteiger partial charge in [-0.2, -0.15) is 0 Å². The number of rotatable bonds is 3. The van der Waals surface area contributed by atoms with Crippen molar-refractivity contribution in [3.63, 3.8) is 0 Å². The summed E-state index contributed by atoms with van der Waals surface area (Å²) >= 11 is 0. The molecule has 0 aliphatic carbocycles. The van der Waals surface area contributed by atoms with Gasteiger partial charge in [0.05, 0.1) is 12.0 Å². The molecule has 26 heavy (non-hydrogen) atoms. The van der Waals surface area contributed by atoms with E-state index in [9.17, 15) is 9.59 Å². The molecule has 2 saturated heterocycles. The van der Waals surface area contributed by atoms with E-state index in [1.54, 1.807) is 11.1 Å². The highest BCUT2D eigenvalue weighted by atomic mass is 16.2. The predicted octanol–water partition coefficient (Wildman–Crippen LogP) is 3.19. The second-order valence-corrected chi connectivity index (χ2v) is 7.07. The summed E-state index contributed by atoms with van der Waals surface area (Å²) in [4.78, 5) is 33.6. The highest BCUT2D eigenvalue weighted by molar-refractivity contribution is 6.00. The molecular weight excluding hydrogens is 326 g/mol. The van der Waals surface area contributed by atoms with Crippen LogP contribution in [0.25, 0.3) is 0 Å². The minimum atomic E-state index is -0.264. The lowest BCUT2D eigenvalue weighted by Crippen LogP contribution is -2.42. The van der Waals surface area contributed by atoms with Crippen LogP contribution in [0, 0.1) is 5.92 Å². The summed E-state index contributed by atoms with van der Waals surface area (Å²) in [6.45, 7) is 1.23. The van der Waals surface area contributed by atoms with Crippen molar-refractivity contribution in [3.8, 4) is 0 Å². The number of hydrogen-bond acceptors (Lipinski definition) is 3. The van der Waals surface area contributed by atoms with Gasteiger partial charge in [-0.3, -0.25) is 14.6 Å². The quantitative estimate of drug-likeness (QED) is 0.855. The number of nitrogens with zero attached hydrogens (tertiary/aromatic N) is 3. The molecule has 2 fully saturated rings. The number of likely N-dealkylation sites (tertiary alicyclic amines) is 1. The van der Waals surface area contributed by atoms with Gasteiger partial charge in [0.2, 0.25) is 11.8 Å². The van der Waals surface area contributed by atoms with Gasteiger partial charge in [-0.05, 0) is 43.0 Å². The van der Waals surface area contributed by atoms with E-state index in [2.05, 4.69) is 4.98 Å². The first kappa shape index (κ1) is 16.8. The molecule has 5 nitrogen and oxygen atoms in total. The van der Waals surface area contributed by atoms with E-state index in [1.165, 1.54) is 0 Å². The Labute approximate surface area is 153 Å². The monoisotopic (exact) mass is 349 g/mol. The Hall–Kier alpha value is -2.69. The molecule has 3 heterocycles. The first-order valence-corrected chi connectivity index (χ1v) is 9.30. The smallest absolute Gasteiger partial charge is 0.228 e. The van der Waals surface area contributed by atoms with Gasteiger partial charge < -0.3 is 9.80 Å². The van der Waals surface area contributed by atoms with Crippen LogP contribution in [-0.2, 0) is 9.59 Å². The maximum atomic E-state index is 13.2. The van der Waals surface area contributed by atoms with E-state index in [0.29, 0.717) is 13.0 Å². The lowest BCUT2D eigenvalue weighted by molar-refractivity contribution is -0.139. The fraction of sp³-hybridized carbons (Fsp3) is 0.381. The standard InChI is InChI=1S/C21H23N3O2/c25-20-13-17(15-24(20)18-8-2-1-3-9-18)21(26)23-12-5-4-10-19(23)16-7-6-11-22-14-16/h1-3,6-9,11,14,17,19H,4-5,10,12-13,15H2/t17?,19-/m1/s1. The summed E-state index contributed by atoms with van der Waals surface area (Å²) in [6, 6.07) is 13.6. The Morgan fingerprint density at radius 3 is 2.69 bits per heavy atom. The zero-order valence-electron chi connectivity index (χ0n) is 14.8. The van der Waals surface area contributed by atoms with Crippen LogP contribution in [0.1, 0.15) is 37.3 Å². The third-order valence-electron chi connectivity index (χ3n) is 5.40. The molecule has 1 aromatic carbocycles. The summed E-state index contributed by atoms with van der Waals surface area (Å²) in [5.41, 5.74) is 1.96. The number of benzene rings is 1. The van der Waals surface area contributed by atoms with Crippen LogP contribution >= 0.6 is 0 Å². The van der Waals surface area contributed by atoms with Gasteiger partial charge in [-0.1, -0.05) is 24.3 Å². The number of carbonyl (C=O) groups excluding carboxylic acids is 2. The van der Waals surface area contributed by atoms with E-state index >= 15 is 0 Å². The van der Waals surface area contributed by atoms with Crippen molar-refractivity contribution in [3.05, 3.63) is 60.4 Å². The lowest BCUT2D eigenvalue weighted by Gasteiger charge is -2.37. The second-order valence-electron chi connectivity index (χ2n) is 7.07. The molecule has 2 aliphatic rings. The van der Waals surface area contributed by atoms with Crippen LogP contribution in [0.5, 0.6) is 0 Å². The SMILES string of the molecule is O=C1CC(C(=O)N2CCCC[C@@H]2c2cccnc2)CN1c1ccccc1. The Bertz CT molecular complexity index is 778. The van der Waals surface area contributed by atoms with E-state index in [-0.39, 0.29) is 23.8 Å². The molecule has 5 heteroatoms. The van der Waals surface area contributed by atoms with Crippen molar-refractivity contribution in [2.75, 3.05) is 18.0 Å². The number of pyridine rings is 1. The van der Waals surface area contributed by atoms with E-state index in [4.69, 9.17) is 0 Å². The molecule has 1 aromatic heterocycles. The number of piperidine rings is 1. The number of amides is 2. The Morgan fingerprint density at radius 1 is 1.08 bits per heavy atom. The molecule has 0 saturated carbocycles. The predicted molar refractivity (Wildman–Crippen MR) is 99.4 cm³/mol. The van der Waals surface area contributed by atoms with Gasteiger partial charge in [0, 0.05) is 37.6 Å². The summed E-state index contributed by atoms with van der Waals surface area (Å²) in [7, 11) is 0. The average molecular weight is 349 g/mol. The summed E-state index contributed by atoms with van der Waals surface area (Å²) in [6.07, 6.45) is 7.00. The third-order valence-corrected chi connectivity index (χ3v) is 5.40. The zero-order chi connectivity index (χ0) is 17.9. The zero-order valence-corrected chi connectivity index (χ0v) is 14.8. The van der Waals surface area contributed by atoms with Crippen molar-refractivity contribution in [2.24, 2.45) is 5.92 Å². The molecule has 2 aromatic rings.